The maximum Gasteiger partial charge on any atom is 0.243 e. The fraction of sp³-hybridized carbons (Fsp3) is 0.409. The molecule has 166 valence electrons. The van der Waals surface area contributed by atoms with Crippen LogP contribution in [0.2, 0.25) is 5.02 Å². The van der Waals surface area contributed by atoms with Gasteiger partial charge in [-0.3, -0.25) is 4.79 Å². The monoisotopic (exact) mass is 463 g/mol. The van der Waals surface area contributed by atoms with Crippen LogP contribution in [-0.4, -0.2) is 58.0 Å². The van der Waals surface area contributed by atoms with Crippen LogP contribution in [0.1, 0.15) is 12.8 Å². The van der Waals surface area contributed by atoms with Crippen LogP contribution in [0.15, 0.2) is 53.4 Å². The molecule has 2 heterocycles. The van der Waals surface area contributed by atoms with E-state index in [4.69, 9.17) is 16.3 Å². The number of anilines is 2. The molecule has 2 aromatic rings. The molecule has 31 heavy (non-hydrogen) atoms. The summed E-state index contributed by atoms with van der Waals surface area (Å²) in [5.41, 5.74) is 1.67. The topological polar surface area (TPSA) is 79.0 Å². The molecule has 0 aliphatic carbocycles. The number of benzene rings is 2. The number of ether oxygens (including phenoxy) is 1. The van der Waals surface area contributed by atoms with E-state index in [2.05, 4.69) is 10.2 Å². The van der Waals surface area contributed by atoms with Gasteiger partial charge in [0.2, 0.25) is 15.9 Å². The molecule has 9 heteroatoms. The molecule has 0 saturated carbocycles. The molecule has 1 N–H and O–H groups in total. The SMILES string of the molecule is O=C(Nc1ccc(S(=O)(=O)N2CCOCC2)cc1)C1CCN(c2cccc(Cl)c2)CC1. The second kappa shape index (κ2) is 9.56. The second-order valence-electron chi connectivity index (χ2n) is 7.77. The Bertz CT molecular complexity index is 1020. The van der Waals surface area contributed by atoms with E-state index in [0.29, 0.717) is 37.0 Å². The van der Waals surface area contributed by atoms with Crippen LogP contribution >= 0.6 is 11.6 Å². The number of morpholine rings is 1. The lowest BCUT2D eigenvalue weighted by molar-refractivity contribution is -0.120. The first-order valence-electron chi connectivity index (χ1n) is 10.4. The number of sulfonamides is 1. The molecule has 4 rings (SSSR count). The molecule has 0 spiro atoms. The van der Waals surface area contributed by atoms with Gasteiger partial charge < -0.3 is 15.0 Å². The second-order valence-corrected chi connectivity index (χ2v) is 10.1. The predicted molar refractivity (Wildman–Crippen MR) is 121 cm³/mol. The first-order valence-corrected chi connectivity index (χ1v) is 12.2. The molecule has 0 bridgehead atoms. The van der Waals surface area contributed by atoms with Crippen molar-refractivity contribution in [3.8, 4) is 0 Å². The van der Waals surface area contributed by atoms with Gasteiger partial charge in [-0.15, -0.1) is 0 Å². The Hall–Kier alpha value is -2.13. The van der Waals surface area contributed by atoms with Crippen LogP contribution in [0.25, 0.3) is 0 Å². The summed E-state index contributed by atoms with van der Waals surface area (Å²) in [7, 11) is -3.54. The van der Waals surface area contributed by atoms with Gasteiger partial charge in [0.25, 0.3) is 0 Å². The van der Waals surface area contributed by atoms with Crippen LogP contribution in [0.4, 0.5) is 11.4 Å². The van der Waals surface area contributed by atoms with E-state index in [9.17, 15) is 13.2 Å². The lowest BCUT2D eigenvalue weighted by Gasteiger charge is -2.33. The Balaban J connectivity index is 1.33. The molecule has 0 atom stereocenters. The van der Waals surface area contributed by atoms with Gasteiger partial charge in [-0.05, 0) is 55.3 Å². The zero-order valence-electron chi connectivity index (χ0n) is 17.2. The summed E-state index contributed by atoms with van der Waals surface area (Å²) in [5, 5.41) is 3.63. The minimum absolute atomic E-state index is 0.0328. The average molecular weight is 464 g/mol. The van der Waals surface area contributed by atoms with E-state index >= 15 is 0 Å². The van der Waals surface area contributed by atoms with Crippen LogP contribution < -0.4 is 10.2 Å². The van der Waals surface area contributed by atoms with E-state index in [1.54, 1.807) is 24.3 Å². The van der Waals surface area contributed by atoms with Crippen LogP contribution in [-0.2, 0) is 19.6 Å². The maximum absolute atomic E-state index is 12.7. The Kier molecular flexibility index (Phi) is 6.81. The summed E-state index contributed by atoms with van der Waals surface area (Å²) < 4.78 is 32.1. The number of piperidine rings is 1. The highest BCUT2D eigenvalue weighted by Crippen LogP contribution is 2.26. The van der Waals surface area contributed by atoms with E-state index in [1.165, 1.54) is 4.31 Å². The van der Waals surface area contributed by atoms with Crippen molar-refractivity contribution < 1.29 is 17.9 Å². The highest BCUT2D eigenvalue weighted by Gasteiger charge is 2.27. The molecule has 0 radical (unpaired) electrons. The summed E-state index contributed by atoms with van der Waals surface area (Å²) in [6.07, 6.45) is 1.50. The Morgan fingerprint density at radius 2 is 1.68 bits per heavy atom. The number of nitrogens with zero attached hydrogens (tertiary/aromatic N) is 2. The van der Waals surface area contributed by atoms with Gasteiger partial charge >= 0.3 is 0 Å². The number of carbonyl (C=O) groups is 1. The first-order chi connectivity index (χ1) is 14.9. The number of hydrogen-bond donors (Lipinski definition) is 1. The van der Waals surface area contributed by atoms with Crippen molar-refractivity contribution in [1.29, 1.82) is 0 Å². The molecule has 2 fully saturated rings. The third-order valence-electron chi connectivity index (χ3n) is 5.77. The maximum atomic E-state index is 12.7. The van der Waals surface area contributed by atoms with Gasteiger partial charge in [-0.2, -0.15) is 4.31 Å². The molecular formula is C22H26ClN3O4S. The van der Waals surface area contributed by atoms with Gasteiger partial charge in [0.15, 0.2) is 0 Å². The van der Waals surface area contributed by atoms with E-state index in [-0.39, 0.29) is 16.7 Å². The largest absolute Gasteiger partial charge is 0.379 e. The number of nitrogens with one attached hydrogen (secondary N) is 1. The summed E-state index contributed by atoms with van der Waals surface area (Å²) in [5.74, 6) is -0.110. The Morgan fingerprint density at radius 1 is 1.00 bits per heavy atom. The predicted octanol–water partition coefficient (Wildman–Crippen LogP) is 3.22. The summed E-state index contributed by atoms with van der Waals surface area (Å²) in [4.78, 5) is 15.2. The summed E-state index contributed by atoms with van der Waals surface area (Å²) >= 11 is 6.08. The minimum atomic E-state index is -3.54. The molecule has 2 aromatic carbocycles. The van der Waals surface area contributed by atoms with E-state index < -0.39 is 10.0 Å². The van der Waals surface area contributed by atoms with Crippen LogP contribution in [0.5, 0.6) is 0 Å². The third kappa shape index (κ3) is 5.20. The molecule has 1 amide bonds. The molecule has 2 saturated heterocycles. The number of rotatable bonds is 5. The molecular weight excluding hydrogens is 438 g/mol. The number of halogens is 1. The Labute approximate surface area is 188 Å². The number of carbonyl (C=O) groups excluding carboxylic acids is 1. The van der Waals surface area contributed by atoms with Crippen LogP contribution in [0, 0.1) is 5.92 Å². The standard InChI is InChI=1S/C22H26ClN3O4S/c23-18-2-1-3-20(16-18)25-10-8-17(9-11-25)22(27)24-19-4-6-21(7-5-19)31(28,29)26-12-14-30-15-13-26/h1-7,16-17H,8-15H2,(H,24,27). The highest BCUT2D eigenvalue weighted by molar-refractivity contribution is 7.89. The van der Waals surface area contributed by atoms with E-state index in [0.717, 1.165) is 31.6 Å². The molecule has 0 aromatic heterocycles. The third-order valence-corrected chi connectivity index (χ3v) is 7.92. The normalized spacial score (nSPS) is 18.7. The summed E-state index contributed by atoms with van der Waals surface area (Å²) in [6, 6.07) is 14.1. The fourth-order valence-corrected chi connectivity index (χ4v) is 5.56. The summed E-state index contributed by atoms with van der Waals surface area (Å²) in [6.45, 7) is 3.10. The quantitative estimate of drug-likeness (QED) is 0.736. The van der Waals surface area contributed by atoms with Gasteiger partial charge in [0.1, 0.15) is 0 Å². The lowest BCUT2D eigenvalue weighted by Crippen LogP contribution is -2.40. The van der Waals surface area contributed by atoms with Crippen molar-refractivity contribution in [1.82, 2.24) is 4.31 Å². The van der Waals surface area contributed by atoms with Gasteiger partial charge in [0.05, 0.1) is 18.1 Å². The molecule has 2 aliphatic heterocycles. The van der Waals surface area contributed by atoms with Crippen molar-refractivity contribution in [3.05, 3.63) is 53.6 Å². The molecule has 2 aliphatic rings. The zero-order chi connectivity index (χ0) is 21.8. The van der Waals surface area contributed by atoms with E-state index in [1.807, 2.05) is 24.3 Å². The minimum Gasteiger partial charge on any atom is -0.379 e. The number of hydrogen-bond acceptors (Lipinski definition) is 5. The molecule has 7 nitrogen and oxygen atoms in total. The van der Waals surface area contributed by atoms with Crippen LogP contribution in [0.3, 0.4) is 0 Å². The van der Waals surface area contributed by atoms with Crippen molar-refractivity contribution in [3.63, 3.8) is 0 Å². The van der Waals surface area contributed by atoms with Gasteiger partial charge in [-0.25, -0.2) is 8.42 Å². The van der Waals surface area contributed by atoms with Crippen molar-refractivity contribution >= 4 is 38.9 Å². The average Bonchev–Trinajstić information content (AvgIpc) is 2.80. The van der Waals surface area contributed by atoms with Crippen molar-refractivity contribution in [2.75, 3.05) is 49.6 Å². The highest BCUT2D eigenvalue weighted by atomic mass is 35.5. The smallest absolute Gasteiger partial charge is 0.243 e. The first kappa shape index (κ1) is 22.1. The van der Waals surface area contributed by atoms with Crippen molar-refractivity contribution in [2.45, 2.75) is 17.7 Å². The molecule has 0 unspecified atom stereocenters. The van der Waals surface area contributed by atoms with Gasteiger partial charge in [0, 0.05) is 48.5 Å². The fourth-order valence-electron chi connectivity index (χ4n) is 3.96. The lowest BCUT2D eigenvalue weighted by atomic mass is 9.95. The zero-order valence-corrected chi connectivity index (χ0v) is 18.7. The van der Waals surface area contributed by atoms with Crippen molar-refractivity contribution in [2.24, 2.45) is 5.92 Å². The Morgan fingerprint density at radius 3 is 2.32 bits per heavy atom. The number of amides is 1. The van der Waals surface area contributed by atoms with Gasteiger partial charge in [-0.1, -0.05) is 17.7 Å².